The van der Waals surface area contributed by atoms with Crippen molar-refractivity contribution in [3.63, 3.8) is 0 Å². The first-order valence-corrected chi connectivity index (χ1v) is 12.1. The predicted molar refractivity (Wildman–Crippen MR) is 133 cm³/mol. The van der Waals surface area contributed by atoms with Gasteiger partial charge < -0.3 is 15.0 Å². The quantitative estimate of drug-likeness (QED) is 0.468. The van der Waals surface area contributed by atoms with Crippen molar-refractivity contribution in [1.29, 1.82) is 0 Å². The zero-order valence-corrected chi connectivity index (χ0v) is 20.1. The summed E-state index contributed by atoms with van der Waals surface area (Å²) in [5.41, 5.74) is 4.19. The highest BCUT2D eigenvalue weighted by Crippen LogP contribution is 2.36. The molecule has 2 aromatic carbocycles. The fourth-order valence-corrected chi connectivity index (χ4v) is 4.89. The van der Waals surface area contributed by atoms with Gasteiger partial charge in [-0.15, -0.1) is 0 Å². The third kappa shape index (κ3) is 7.97. The number of rotatable bonds is 11. The zero-order valence-electron chi connectivity index (χ0n) is 20.1. The van der Waals surface area contributed by atoms with Crippen molar-refractivity contribution < 1.29 is 4.74 Å². The van der Waals surface area contributed by atoms with Gasteiger partial charge in [0.25, 0.3) is 0 Å². The Balaban J connectivity index is 1.44. The molecule has 3 nitrogen and oxygen atoms in total. The summed E-state index contributed by atoms with van der Waals surface area (Å²) in [5, 5.41) is 3.72. The number of nitrogens with one attached hydrogen (secondary N) is 1. The number of hydrogen-bond acceptors (Lipinski definition) is 3. The number of nitrogens with zero attached hydrogens (tertiary/aromatic N) is 1. The lowest BCUT2D eigenvalue weighted by atomic mass is 9.75. The molecule has 0 radical (unpaired) electrons. The number of anilines is 1. The average molecular weight is 423 g/mol. The summed E-state index contributed by atoms with van der Waals surface area (Å²) in [7, 11) is 4.18. The highest BCUT2D eigenvalue weighted by Gasteiger charge is 2.33. The average Bonchev–Trinajstić information content (AvgIpc) is 2.75. The molecule has 170 valence electrons. The third-order valence-electron chi connectivity index (χ3n) is 6.71. The van der Waals surface area contributed by atoms with Crippen LogP contribution in [0.3, 0.4) is 0 Å². The summed E-state index contributed by atoms with van der Waals surface area (Å²) < 4.78 is 6.00. The molecule has 1 saturated heterocycles. The van der Waals surface area contributed by atoms with Crippen LogP contribution in [0.5, 0.6) is 0 Å². The maximum atomic E-state index is 6.00. The summed E-state index contributed by atoms with van der Waals surface area (Å²) >= 11 is 0. The molecule has 0 saturated carbocycles. The minimum Gasteiger partial charge on any atom is -0.378 e. The van der Waals surface area contributed by atoms with Crippen LogP contribution in [0, 0.1) is 11.8 Å². The fourth-order valence-electron chi connectivity index (χ4n) is 4.89. The summed E-state index contributed by atoms with van der Waals surface area (Å²) in [5.74, 6) is 1.47. The van der Waals surface area contributed by atoms with Gasteiger partial charge in [0.15, 0.2) is 0 Å². The number of ether oxygens (including phenoxy) is 1. The molecule has 1 heterocycles. The molecule has 1 fully saturated rings. The standard InChI is InChI=1S/C28H42N2O/c1-28(2)22-26(17-20-31-28)25(21-24-9-6-5-7-10-24)16-19-29-18-8-11-23-12-14-27(15-13-23)30(3)4/h5-7,9-10,12-15,25-26,29H,8,11,16-22H2,1-4H3. The Morgan fingerprint density at radius 3 is 2.42 bits per heavy atom. The summed E-state index contributed by atoms with van der Waals surface area (Å²) in [6.45, 7) is 7.61. The van der Waals surface area contributed by atoms with Crippen molar-refractivity contribution in [2.24, 2.45) is 11.8 Å². The largest absolute Gasteiger partial charge is 0.378 e. The third-order valence-corrected chi connectivity index (χ3v) is 6.71. The Morgan fingerprint density at radius 2 is 1.74 bits per heavy atom. The Bertz CT molecular complexity index is 754. The van der Waals surface area contributed by atoms with Crippen molar-refractivity contribution in [2.75, 3.05) is 38.7 Å². The van der Waals surface area contributed by atoms with Crippen LogP contribution in [0.1, 0.15) is 50.7 Å². The van der Waals surface area contributed by atoms with E-state index >= 15 is 0 Å². The first kappa shape index (κ1) is 23.8. The van der Waals surface area contributed by atoms with Crippen LogP contribution in [0.2, 0.25) is 0 Å². The van der Waals surface area contributed by atoms with Gasteiger partial charge in [-0.25, -0.2) is 0 Å². The second-order valence-corrected chi connectivity index (χ2v) is 10.0. The van der Waals surface area contributed by atoms with Crippen LogP contribution >= 0.6 is 0 Å². The smallest absolute Gasteiger partial charge is 0.0629 e. The van der Waals surface area contributed by atoms with E-state index in [1.807, 2.05) is 0 Å². The SMILES string of the molecule is CN(C)c1ccc(CCCNCCC(Cc2ccccc2)C2CCOC(C)(C)C2)cc1. The number of aryl methyl sites for hydroxylation is 1. The summed E-state index contributed by atoms with van der Waals surface area (Å²) in [6.07, 6.45) is 7.13. The summed E-state index contributed by atoms with van der Waals surface area (Å²) in [4.78, 5) is 2.15. The molecule has 0 aromatic heterocycles. The lowest BCUT2D eigenvalue weighted by molar-refractivity contribution is -0.0830. The van der Waals surface area contributed by atoms with Gasteiger partial charge in [0, 0.05) is 26.4 Å². The van der Waals surface area contributed by atoms with E-state index in [2.05, 4.69) is 92.8 Å². The van der Waals surface area contributed by atoms with E-state index in [9.17, 15) is 0 Å². The number of benzene rings is 2. The van der Waals surface area contributed by atoms with Gasteiger partial charge in [0.1, 0.15) is 0 Å². The molecular weight excluding hydrogens is 380 g/mol. The molecule has 2 aromatic rings. The molecule has 2 unspecified atom stereocenters. The Morgan fingerprint density at radius 1 is 1.00 bits per heavy atom. The van der Waals surface area contributed by atoms with Crippen LogP contribution in [0.15, 0.2) is 54.6 Å². The molecular formula is C28H42N2O. The molecule has 0 aliphatic carbocycles. The predicted octanol–water partition coefficient (Wildman–Crippen LogP) is 5.73. The molecule has 3 heteroatoms. The topological polar surface area (TPSA) is 24.5 Å². The van der Waals surface area contributed by atoms with Crippen molar-refractivity contribution in [1.82, 2.24) is 5.32 Å². The van der Waals surface area contributed by atoms with Crippen molar-refractivity contribution in [3.05, 3.63) is 65.7 Å². The maximum absolute atomic E-state index is 6.00. The van der Waals surface area contributed by atoms with E-state index in [1.165, 1.54) is 48.9 Å². The van der Waals surface area contributed by atoms with Crippen LogP contribution in [-0.2, 0) is 17.6 Å². The number of hydrogen-bond donors (Lipinski definition) is 1. The minimum atomic E-state index is 0.0212. The molecule has 1 aliphatic rings. The van der Waals surface area contributed by atoms with Gasteiger partial charge in [-0.1, -0.05) is 42.5 Å². The van der Waals surface area contributed by atoms with Gasteiger partial charge in [-0.2, -0.15) is 0 Å². The normalized spacial score (nSPS) is 19.2. The van der Waals surface area contributed by atoms with Gasteiger partial charge in [-0.3, -0.25) is 0 Å². The van der Waals surface area contributed by atoms with Crippen LogP contribution in [0.25, 0.3) is 0 Å². The van der Waals surface area contributed by atoms with Gasteiger partial charge in [0.05, 0.1) is 5.60 Å². The highest BCUT2D eigenvalue weighted by atomic mass is 16.5. The molecule has 31 heavy (non-hydrogen) atoms. The van der Waals surface area contributed by atoms with Gasteiger partial charge in [-0.05, 0) is 101 Å². The van der Waals surface area contributed by atoms with Crippen molar-refractivity contribution >= 4 is 5.69 Å². The van der Waals surface area contributed by atoms with Gasteiger partial charge >= 0.3 is 0 Å². The lowest BCUT2D eigenvalue weighted by Gasteiger charge is -2.39. The minimum absolute atomic E-state index is 0.0212. The second-order valence-electron chi connectivity index (χ2n) is 10.0. The molecule has 2 atom stereocenters. The monoisotopic (exact) mass is 422 g/mol. The molecule has 3 rings (SSSR count). The first-order valence-electron chi connectivity index (χ1n) is 12.1. The lowest BCUT2D eigenvalue weighted by Crippen LogP contribution is -2.38. The van der Waals surface area contributed by atoms with Gasteiger partial charge in [0.2, 0.25) is 0 Å². The van der Waals surface area contributed by atoms with E-state index in [0.717, 1.165) is 38.0 Å². The van der Waals surface area contributed by atoms with Crippen molar-refractivity contribution in [3.8, 4) is 0 Å². The highest BCUT2D eigenvalue weighted by molar-refractivity contribution is 5.45. The molecule has 0 spiro atoms. The Hall–Kier alpha value is -1.84. The van der Waals surface area contributed by atoms with Crippen LogP contribution in [-0.4, -0.2) is 39.4 Å². The first-order chi connectivity index (χ1) is 14.9. The zero-order chi connectivity index (χ0) is 22.1. The van der Waals surface area contributed by atoms with E-state index in [0.29, 0.717) is 0 Å². The molecule has 0 bridgehead atoms. The fraction of sp³-hybridized carbons (Fsp3) is 0.571. The van der Waals surface area contributed by atoms with E-state index in [4.69, 9.17) is 4.74 Å². The second kappa shape index (κ2) is 11.7. The maximum Gasteiger partial charge on any atom is 0.0629 e. The molecule has 1 N–H and O–H groups in total. The van der Waals surface area contributed by atoms with E-state index in [-0.39, 0.29) is 5.60 Å². The molecule has 1 aliphatic heterocycles. The molecule has 0 amide bonds. The van der Waals surface area contributed by atoms with Crippen molar-refractivity contribution in [2.45, 2.75) is 58.0 Å². The van der Waals surface area contributed by atoms with E-state index < -0.39 is 0 Å². The summed E-state index contributed by atoms with van der Waals surface area (Å²) in [6, 6.07) is 20.0. The van der Waals surface area contributed by atoms with Crippen LogP contribution in [0.4, 0.5) is 5.69 Å². The van der Waals surface area contributed by atoms with E-state index in [1.54, 1.807) is 0 Å². The Labute approximate surface area is 190 Å². The Kier molecular flexibility index (Phi) is 8.98. The van der Waals surface area contributed by atoms with Crippen LogP contribution < -0.4 is 10.2 Å².